The third kappa shape index (κ3) is 4.19. The molecule has 0 spiro atoms. The van der Waals surface area contributed by atoms with E-state index in [4.69, 9.17) is 9.26 Å². The van der Waals surface area contributed by atoms with Gasteiger partial charge >= 0.3 is 0 Å². The van der Waals surface area contributed by atoms with Crippen LogP contribution in [0.3, 0.4) is 0 Å². The van der Waals surface area contributed by atoms with Gasteiger partial charge in [0.25, 0.3) is 5.91 Å². The number of amides is 1. The Balaban J connectivity index is 1.43. The van der Waals surface area contributed by atoms with Crippen LogP contribution in [0.5, 0.6) is 5.75 Å². The number of rotatable bonds is 6. The summed E-state index contributed by atoms with van der Waals surface area (Å²) in [6, 6.07) is 15.9. The van der Waals surface area contributed by atoms with Crippen molar-refractivity contribution in [2.24, 2.45) is 0 Å². The third-order valence-corrected chi connectivity index (χ3v) is 5.69. The lowest BCUT2D eigenvalue weighted by Crippen LogP contribution is -2.30. The fourth-order valence-corrected chi connectivity index (χ4v) is 4.02. The first kappa shape index (κ1) is 19.2. The maximum absolute atomic E-state index is 12.9. The number of ether oxygens (including phenoxy) is 1. The summed E-state index contributed by atoms with van der Waals surface area (Å²) in [5, 5.41) is 7.07. The largest absolute Gasteiger partial charge is 0.488 e. The Bertz CT molecular complexity index is 989. The number of para-hydroxylation sites is 1. The van der Waals surface area contributed by atoms with Crippen molar-refractivity contribution in [1.29, 1.82) is 0 Å². The number of fused-ring (bicyclic) bond motifs is 1. The fourth-order valence-electron chi connectivity index (χ4n) is 4.02. The topological polar surface area (TPSA) is 64.4 Å². The molecule has 2 aromatic carbocycles. The van der Waals surface area contributed by atoms with Gasteiger partial charge in [-0.15, -0.1) is 0 Å². The van der Waals surface area contributed by atoms with Gasteiger partial charge in [-0.25, -0.2) is 0 Å². The average Bonchev–Trinajstić information content (AvgIpc) is 3.08. The molecule has 1 amide bonds. The van der Waals surface area contributed by atoms with Crippen LogP contribution < -0.4 is 10.1 Å². The number of nitrogens with one attached hydrogen (secondary N) is 1. The molecule has 1 aromatic heterocycles. The summed E-state index contributed by atoms with van der Waals surface area (Å²) in [4.78, 5) is 12.9. The van der Waals surface area contributed by atoms with Gasteiger partial charge in [0, 0.05) is 12.5 Å². The SMILES string of the molecule is Cc1noc(C)c1COc1ccccc1C(=O)NCC1CCCc2ccccc21. The number of hydrogen-bond acceptors (Lipinski definition) is 4. The van der Waals surface area contributed by atoms with Crippen LogP contribution in [-0.4, -0.2) is 17.6 Å². The minimum atomic E-state index is -0.109. The van der Waals surface area contributed by atoms with Gasteiger partial charge in [-0.05, 0) is 56.4 Å². The number of aryl methyl sites for hydroxylation is 3. The van der Waals surface area contributed by atoms with Gasteiger partial charge in [-0.1, -0.05) is 41.6 Å². The smallest absolute Gasteiger partial charge is 0.255 e. The lowest BCUT2D eigenvalue weighted by atomic mass is 9.83. The molecular weight excluding hydrogens is 364 g/mol. The van der Waals surface area contributed by atoms with E-state index >= 15 is 0 Å². The van der Waals surface area contributed by atoms with Crippen LogP contribution in [0.1, 0.15) is 57.3 Å². The molecule has 1 heterocycles. The van der Waals surface area contributed by atoms with Crippen LogP contribution in [0.2, 0.25) is 0 Å². The molecule has 1 unspecified atom stereocenters. The van der Waals surface area contributed by atoms with Gasteiger partial charge in [-0.3, -0.25) is 4.79 Å². The Kier molecular flexibility index (Phi) is 5.65. The number of hydrogen-bond donors (Lipinski definition) is 1. The number of nitrogens with zero attached hydrogens (tertiary/aromatic N) is 1. The number of carbonyl (C=O) groups is 1. The molecule has 1 atom stereocenters. The molecular formula is C24H26N2O3. The molecule has 3 aromatic rings. The Labute approximate surface area is 171 Å². The average molecular weight is 390 g/mol. The van der Waals surface area contributed by atoms with Crippen molar-refractivity contribution in [2.75, 3.05) is 6.54 Å². The number of benzene rings is 2. The highest BCUT2D eigenvalue weighted by atomic mass is 16.5. The molecule has 0 aliphatic heterocycles. The predicted octanol–water partition coefficient (Wildman–Crippen LogP) is 4.72. The van der Waals surface area contributed by atoms with Gasteiger partial charge in [-0.2, -0.15) is 0 Å². The van der Waals surface area contributed by atoms with Gasteiger partial charge in [0.05, 0.1) is 16.8 Å². The summed E-state index contributed by atoms with van der Waals surface area (Å²) in [7, 11) is 0. The van der Waals surface area contributed by atoms with Crippen molar-refractivity contribution in [3.63, 3.8) is 0 Å². The van der Waals surface area contributed by atoms with E-state index in [0.717, 1.165) is 36.3 Å². The minimum Gasteiger partial charge on any atom is -0.488 e. The molecule has 4 rings (SSSR count). The van der Waals surface area contributed by atoms with Crippen molar-refractivity contribution >= 4 is 5.91 Å². The molecule has 29 heavy (non-hydrogen) atoms. The molecule has 5 nitrogen and oxygen atoms in total. The van der Waals surface area contributed by atoms with Crippen LogP contribution >= 0.6 is 0 Å². The lowest BCUT2D eigenvalue weighted by molar-refractivity contribution is 0.0945. The summed E-state index contributed by atoms with van der Waals surface area (Å²) in [5.41, 5.74) is 5.03. The second-order valence-electron chi connectivity index (χ2n) is 7.59. The van der Waals surface area contributed by atoms with Crippen LogP contribution in [0, 0.1) is 13.8 Å². The molecule has 1 N–H and O–H groups in total. The van der Waals surface area contributed by atoms with E-state index in [0.29, 0.717) is 30.4 Å². The second-order valence-corrected chi connectivity index (χ2v) is 7.59. The first-order chi connectivity index (χ1) is 14.1. The third-order valence-electron chi connectivity index (χ3n) is 5.69. The standard InChI is InChI=1S/C24H26N2O3/c1-16-22(17(2)29-26-16)15-28-23-13-6-5-12-21(23)24(27)25-14-19-10-7-9-18-8-3-4-11-20(18)19/h3-6,8,11-13,19H,7,9-10,14-15H2,1-2H3,(H,25,27). The Hall–Kier alpha value is -3.08. The van der Waals surface area contributed by atoms with Crippen molar-refractivity contribution in [2.45, 2.75) is 45.6 Å². The highest BCUT2D eigenvalue weighted by Crippen LogP contribution is 2.31. The van der Waals surface area contributed by atoms with E-state index in [9.17, 15) is 4.79 Å². The molecule has 150 valence electrons. The summed E-state index contributed by atoms with van der Waals surface area (Å²) in [6.07, 6.45) is 3.38. The molecule has 0 radical (unpaired) electrons. The quantitative estimate of drug-likeness (QED) is 0.661. The molecule has 0 saturated heterocycles. The summed E-state index contributed by atoms with van der Waals surface area (Å²) >= 11 is 0. The predicted molar refractivity (Wildman–Crippen MR) is 111 cm³/mol. The second kappa shape index (κ2) is 8.52. The summed E-state index contributed by atoms with van der Waals surface area (Å²) in [6.45, 7) is 4.70. The van der Waals surface area contributed by atoms with Crippen molar-refractivity contribution in [3.05, 3.63) is 82.2 Å². The van der Waals surface area contributed by atoms with Crippen molar-refractivity contribution < 1.29 is 14.1 Å². The molecule has 0 bridgehead atoms. The Morgan fingerprint density at radius 1 is 1.17 bits per heavy atom. The van der Waals surface area contributed by atoms with Crippen LogP contribution in [0.25, 0.3) is 0 Å². The van der Waals surface area contributed by atoms with E-state index in [1.807, 2.05) is 32.0 Å². The maximum atomic E-state index is 12.9. The number of carbonyl (C=O) groups excluding carboxylic acids is 1. The van der Waals surface area contributed by atoms with E-state index in [-0.39, 0.29) is 5.91 Å². The maximum Gasteiger partial charge on any atom is 0.255 e. The Morgan fingerprint density at radius 3 is 2.79 bits per heavy atom. The van der Waals surface area contributed by atoms with Crippen molar-refractivity contribution in [1.82, 2.24) is 10.5 Å². The summed E-state index contributed by atoms with van der Waals surface area (Å²) in [5.74, 6) is 1.55. The van der Waals surface area contributed by atoms with E-state index in [2.05, 4.69) is 34.7 Å². The molecule has 1 aliphatic carbocycles. The zero-order chi connectivity index (χ0) is 20.2. The first-order valence-electron chi connectivity index (χ1n) is 10.1. The fraction of sp³-hybridized carbons (Fsp3) is 0.333. The monoisotopic (exact) mass is 390 g/mol. The van der Waals surface area contributed by atoms with E-state index in [1.54, 1.807) is 6.07 Å². The highest BCUT2D eigenvalue weighted by molar-refractivity contribution is 5.96. The zero-order valence-corrected chi connectivity index (χ0v) is 16.9. The normalized spacial score (nSPS) is 15.6. The lowest BCUT2D eigenvalue weighted by Gasteiger charge is -2.25. The first-order valence-corrected chi connectivity index (χ1v) is 10.1. The van der Waals surface area contributed by atoms with Crippen LogP contribution in [-0.2, 0) is 13.0 Å². The van der Waals surface area contributed by atoms with E-state index in [1.165, 1.54) is 11.1 Å². The molecule has 0 saturated carbocycles. The van der Waals surface area contributed by atoms with Gasteiger partial charge in [0.1, 0.15) is 18.1 Å². The molecule has 5 heteroatoms. The zero-order valence-electron chi connectivity index (χ0n) is 16.9. The minimum absolute atomic E-state index is 0.109. The number of aromatic nitrogens is 1. The van der Waals surface area contributed by atoms with Crippen molar-refractivity contribution in [3.8, 4) is 5.75 Å². The summed E-state index contributed by atoms with van der Waals surface area (Å²) < 4.78 is 11.1. The van der Waals surface area contributed by atoms with E-state index < -0.39 is 0 Å². The molecule has 1 aliphatic rings. The highest BCUT2D eigenvalue weighted by Gasteiger charge is 2.21. The molecule has 0 fully saturated rings. The van der Waals surface area contributed by atoms with Gasteiger partial charge in [0.2, 0.25) is 0 Å². The van der Waals surface area contributed by atoms with Crippen LogP contribution in [0.15, 0.2) is 53.1 Å². The van der Waals surface area contributed by atoms with Crippen LogP contribution in [0.4, 0.5) is 0 Å². The van der Waals surface area contributed by atoms with Gasteiger partial charge < -0.3 is 14.6 Å². The van der Waals surface area contributed by atoms with Gasteiger partial charge in [0.15, 0.2) is 0 Å². The Morgan fingerprint density at radius 2 is 1.97 bits per heavy atom.